The summed E-state index contributed by atoms with van der Waals surface area (Å²) in [6, 6.07) is 8.05. The third-order valence-electron chi connectivity index (χ3n) is 4.94. The van der Waals surface area contributed by atoms with Crippen LogP contribution in [0.25, 0.3) is 0 Å². The fourth-order valence-corrected chi connectivity index (χ4v) is 3.75. The first-order valence-corrected chi connectivity index (χ1v) is 8.34. The molecule has 3 rings (SSSR count). The molecule has 2 N–H and O–H groups in total. The van der Waals surface area contributed by atoms with Crippen molar-refractivity contribution in [2.24, 2.45) is 5.73 Å². The van der Waals surface area contributed by atoms with Crippen molar-refractivity contribution >= 4 is 0 Å². The molecule has 0 radical (unpaired) electrons. The van der Waals surface area contributed by atoms with Gasteiger partial charge in [0.15, 0.2) is 0 Å². The summed E-state index contributed by atoms with van der Waals surface area (Å²) >= 11 is 0. The predicted molar refractivity (Wildman–Crippen MR) is 84.5 cm³/mol. The van der Waals surface area contributed by atoms with Crippen LogP contribution >= 0.6 is 0 Å². The summed E-state index contributed by atoms with van der Waals surface area (Å²) in [7, 11) is 0. The standard InChI is InChI=1S/C18H27NO2/c1-14(19)16-7-3-4-8-17(16)20-13-15-9-12-18(21-15)10-5-2-6-11-18/h3-4,7-8,14-15H,2,5-6,9-13,19H2,1H3/t14-,15?/m0/s1. The van der Waals surface area contributed by atoms with E-state index in [0.29, 0.717) is 6.61 Å². The van der Waals surface area contributed by atoms with Crippen LogP contribution in [-0.4, -0.2) is 18.3 Å². The Balaban J connectivity index is 1.57. The second-order valence-electron chi connectivity index (χ2n) is 6.66. The highest BCUT2D eigenvalue weighted by Gasteiger charge is 2.40. The van der Waals surface area contributed by atoms with Gasteiger partial charge in [-0.3, -0.25) is 0 Å². The first-order chi connectivity index (χ1) is 10.2. The van der Waals surface area contributed by atoms with Gasteiger partial charge in [0.2, 0.25) is 0 Å². The molecule has 1 spiro atoms. The molecular formula is C18H27NO2. The fraction of sp³-hybridized carbons (Fsp3) is 0.667. The van der Waals surface area contributed by atoms with Gasteiger partial charge in [-0.25, -0.2) is 0 Å². The van der Waals surface area contributed by atoms with Crippen LogP contribution in [0.5, 0.6) is 5.75 Å². The van der Waals surface area contributed by atoms with E-state index in [-0.39, 0.29) is 17.7 Å². The normalized spacial score (nSPS) is 25.9. The summed E-state index contributed by atoms with van der Waals surface area (Å²) < 4.78 is 12.4. The summed E-state index contributed by atoms with van der Waals surface area (Å²) in [5, 5.41) is 0. The van der Waals surface area contributed by atoms with Crippen LogP contribution in [0.1, 0.15) is 63.5 Å². The molecule has 0 aromatic heterocycles. The van der Waals surface area contributed by atoms with E-state index in [4.69, 9.17) is 15.2 Å². The van der Waals surface area contributed by atoms with Crippen LogP contribution < -0.4 is 10.5 Å². The Morgan fingerprint density at radius 1 is 1.24 bits per heavy atom. The number of nitrogens with two attached hydrogens (primary N) is 1. The number of benzene rings is 1. The lowest BCUT2D eigenvalue weighted by atomic mass is 9.83. The zero-order valence-corrected chi connectivity index (χ0v) is 13.0. The monoisotopic (exact) mass is 289 g/mol. The highest BCUT2D eigenvalue weighted by molar-refractivity contribution is 5.35. The zero-order valence-electron chi connectivity index (χ0n) is 13.0. The van der Waals surface area contributed by atoms with Gasteiger partial charge in [0.05, 0.1) is 11.7 Å². The van der Waals surface area contributed by atoms with Crippen LogP contribution in [0, 0.1) is 0 Å². The van der Waals surface area contributed by atoms with E-state index in [9.17, 15) is 0 Å². The molecule has 3 nitrogen and oxygen atoms in total. The minimum absolute atomic E-state index is 0.00427. The van der Waals surface area contributed by atoms with Crippen molar-refractivity contribution in [1.82, 2.24) is 0 Å². The Bertz CT molecular complexity index is 466. The Kier molecular flexibility index (Phi) is 4.51. The minimum atomic E-state index is -0.00427. The van der Waals surface area contributed by atoms with Crippen LogP contribution in [0.3, 0.4) is 0 Å². The average Bonchev–Trinajstić information content (AvgIpc) is 2.89. The Morgan fingerprint density at radius 3 is 2.76 bits per heavy atom. The highest BCUT2D eigenvalue weighted by atomic mass is 16.6. The topological polar surface area (TPSA) is 44.5 Å². The molecule has 2 fully saturated rings. The Morgan fingerprint density at radius 2 is 2.00 bits per heavy atom. The maximum Gasteiger partial charge on any atom is 0.124 e. The quantitative estimate of drug-likeness (QED) is 0.912. The lowest BCUT2D eigenvalue weighted by Crippen LogP contribution is -2.33. The van der Waals surface area contributed by atoms with Crippen molar-refractivity contribution in [1.29, 1.82) is 0 Å². The van der Waals surface area contributed by atoms with Crippen molar-refractivity contribution in [3.8, 4) is 5.75 Å². The molecule has 1 aliphatic carbocycles. The summed E-state index contributed by atoms with van der Waals surface area (Å²) in [6.07, 6.45) is 9.05. The van der Waals surface area contributed by atoms with Gasteiger partial charge in [0, 0.05) is 11.6 Å². The molecule has 2 atom stereocenters. The van der Waals surface area contributed by atoms with Crippen molar-refractivity contribution < 1.29 is 9.47 Å². The van der Waals surface area contributed by atoms with E-state index in [1.807, 2.05) is 31.2 Å². The maximum absolute atomic E-state index is 6.36. The summed E-state index contributed by atoms with van der Waals surface area (Å²) in [5.74, 6) is 0.903. The van der Waals surface area contributed by atoms with Gasteiger partial charge in [-0.2, -0.15) is 0 Å². The maximum atomic E-state index is 6.36. The van der Waals surface area contributed by atoms with E-state index in [1.54, 1.807) is 0 Å². The molecule has 0 bridgehead atoms. The molecule has 1 saturated heterocycles. The van der Waals surface area contributed by atoms with E-state index in [0.717, 1.165) is 17.7 Å². The number of para-hydroxylation sites is 1. The number of hydrogen-bond donors (Lipinski definition) is 1. The van der Waals surface area contributed by atoms with Gasteiger partial charge in [-0.05, 0) is 38.7 Å². The molecule has 0 amide bonds. The van der Waals surface area contributed by atoms with Gasteiger partial charge < -0.3 is 15.2 Å². The molecule has 21 heavy (non-hydrogen) atoms. The molecule has 1 heterocycles. The summed E-state index contributed by atoms with van der Waals surface area (Å²) in [4.78, 5) is 0. The van der Waals surface area contributed by atoms with Crippen LogP contribution in [0.4, 0.5) is 0 Å². The van der Waals surface area contributed by atoms with Crippen LogP contribution in [-0.2, 0) is 4.74 Å². The smallest absolute Gasteiger partial charge is 0.124 e. The zero-order chi connectivity index (χ0) is 14.7. The summed E-state index contributed by atoms with van der Waals surface area (Å²) in [6.45, 7) is 2.64. The predicted octanol–water partition coefficient (Wildman–Crippen LogP) is 3.97. The van der Waals surface area contributed by atoms with E-state index in [2.05, 4.69) is 0 Å². The van der Waals surface area contributed by atoms with Crippen LogP contribution in [0.2, 0.25) is 0 Å². The van der Waals surface area contributed by atoms with Crippen molar-refractivity contribution in [2.75, 3.05) is 6.61 Å². The lowest BCUT2D eigenvalue weighted by Gasteiger charge is -2.33. The van der Waals surface area contributed by atoms with E-state index in [1.165, 1.54) is 38.5 Å². The lowest BCUT2D eigenvalue weighted by molar-refractivity contribution is -0.0749. The average molecular weight is 289 g/mol. The second kappa shape index (κ2) is 6.37. The molecule has 1 saturated carbocycles. The molecule has 1 aromatic rings. The van der Waals surface area contributed by atoms with Crippen LogP contribution in [0.15, 0.2) is 24.3 Å². The van der Waals surface area contributed by atoms with Crippen molar-refractivity contribution in [3.05, 3.63) is 29.8 Å². The second-order valence-corrected chi connectivity index (χ2v) is 6.66. The third kappa shape index (κ3) is 3.41. The number of rotatable bonds is 4. The summed E-state index contributed by atoms with van der Waals surface area (Å²) in [5.41, 5.74) is 7.24. The van der Waals surface area contributed by atoms with E-state index >= 15 is 0 Å². The third-order valence-corrected chi connectivity index (χ3v) is 4.94. The Hall–Kier alpha value is -1.06. The van der Waals surface area contributed by atoms with Gasteiger partial charge in [-0.1, -0.05) is 37.5 Å². The van der Waals surface area contributed by atoms with E-state index < -0.39 is 0 Å². The van der Waals surface area contributed by atoms with Gasteiger partial charge >= 0.3 is 0 Å². The number of hydrogen-bond acceptors (Lipinski definition) is 3. The van der Waals surface area contributed by atoms with Gasteiger partial charge in [0.1, 0.15) is 12.4 Å². The first kappa shape index (κ1) is 14.9. The molecule has 116 valence electrons. The highest BCUT2D eigenvalue weighted by Crippen LogP contribution is 2.42. The number of ether oxygens (including phenoxy) is 2. The molecule has 1 aliphatic heterocycles. The Labute approximate surface area is 127 Å². The van der Waals surface area contributed by atoms with Gasteiger partial charge in [-0.15, -0.1) is 0 Å². The van der Waals surface area contributed by atoms with Crippen molar-refractivity contribution in [3.63, 3.8) is 0 Å². The molecular weight excluding hydrogens is 262 g/mol. The molecule has 3 heteroatoms. The molecule has 1 aromatic carbocycles. The molecule has 2 aliphatic rings. The largest absolute Gasteiger partial charge is 0.491 e. The molecule has 1 unspecified atom stereocenters. The minimum Gasteiger partial charge on any atom is -0.491 e. The van der Waals surface area contributed by atoms with Crippen molar-refractivity contribution in [2.45, 2.75) is 69.6 Å². The SMILES string of the molecule is C[C@H](N)c1ccccc1OCC1CCC2(CCCCC2)O1. The first-order valence-electron chi connectivity index (χ1n) is 8.34. The fourth-order valence-electron chi connectivity index (χ4n) is 3.75. The van der Waals surface area contributed by atoms with Gasteiger partial charge in [0.25, 0.3) is 0 Å².